The normalized spacial score (nSPS) is 19.0. The van der Waals surface area contributed by atoms with Crippen LogP contribution >= 0.6 is 15.9 Å². The number of carbonyl (C=O) groups excluding carboxylic acids is 1. The molecule has 1 aliphatic rings. The molecule has 22 heavy (non-hydrogen) atoms. The second kappa shape index (κ2) is 6.75. The number of quaternary nitrogens is 1. The molecule has 0 amide bonds. The molecule has 0 saturated carbocycles. The van der Waals surface area contributed by atoms with Crippen LogP contribution in [0.25, 0.3) is 0 Å². The fourth-order valence-electron chi connectivity index (χ4n) is 3.63. The minimum atomic E-state index is -0.534. The summed E-state index contributed by atoms with van der Waals surface area (Å²) >= 11 is 3.52. The molecule has 1 atom stereocenters. The number of hydrogen-bond donors (Lipinski definition) is 0. The number of esters is 1. The van der Waals surface area contributed by atoms with Crippen LogP contribution in [0, 0.1) is 0 Å². The number of halogens is 1. The largest absolute Gasteiger partial charge is 0.522 e. The first kappa shape index (κ1) is 17.5. The van der Waals surface area contributed by atoms with Crippen molar-refractivity contribution in [2.45, 2.75) is 45.0 Å². The summed E-state index contributed by atoms with van der Waals surface area (Å²) in [5.41, 5.74) is 0.659. The Balaban J connectivity index is 2.25. The van der Waals surface area contributed by atoms with Crippen molar-refractivity contribution in [1.29, 1.82) is 0 Å². The van der Waals surface area contributed by atoms with Gasteiger partial charge < -0.3 is 9.13 Å². The van der Waals surface area contributed by atoms with E-state index in [2.05, 4.69) is 35.1 Å². The van der Waals surface area contributed by atoms with Crippen molar-refractivity contribution in [3.8, 4) is 0 Å². The highest BCUT2D eigenvalue weighted by atomic mass is 79.9. The van der Waals surface area contributed by atoms with Crippen LogP contribution in [0.3, 0.4) is 0 Å². The molecule has 0 unspecified atom stereocenters. The van der Waals surface area contributed by atoms with Crippen LogP contribution in [0.15, 0.2) is 28.7 Å². The maximum absolute atomic E-state index is 12.8. The van der Waals surface area contributed by atoms with Gasteiger partial charge in [0, 0.05) is 30.4 Å². The zero-order valence-corrected chi connectivity index (χ0v) is 15.9. The molecule has 3 nitrogen and oxygen atoms in total. The number of nitrogens with zero attached hydrogens (tertiary/aromatic N) is 1. The average molecular weight is 368 g/mol. The summed E-state index contributed by atoms with van der Waals surface area (Å²) in [7, 11) is 1.77. The zero-order valence-electron chi connectivity index (χ0n) is 14.4. The van der Waals surface area contributed by atoms with Gasteiger partial charge >= 0.3 is 0 Å². The monoisotopic (exact) mass is 367 g/mol. The average Bonchev–Trinajstić information content (AvgIpc) is 2.81. The quantitative estimate of drug-likeness (QED) is 0.603. The Morgan fingerprint density at radius 1 is 1.32 bits per heavy atom. The van der Waals surface area contributed by atoms with E-state index in [0.29, 0.717) is 0 Å². The molecule has 0 aromatic heterocycles. The van der Waals surface area contributed by atoms with Gasteiger partial charge in [-0.05, 0) is 45.7 Å². The number of likely N-dealkylation sites (tertiary alicyclic amines) is 1. The van der Waals surface area contributed by atoms with Gasteiger partial charge in [-0.3, -0.25) is 4.79 Å². The second-order valence-corrected chi connectivity index (χ2v) is 9.07. The third kappa shape index (κ3) is 4.85. The highest BCUT2D eigenvalue weighted by Gasteiger charge is 2.31. The predicted molar refractivity (Wildman–Crippen MR) is 96.4 cm³/mol. The molecule has 0 aliphatic carbocycles. The van der Waals surface area contributed by atoms with Crippen molar-refractivity contribution in [1.82, 2.24) is 0 Å². The zero-order chi connectivity index (χ0) is 16.4. The molecule has 1 saturated heterocycles. The van der Waals surface area contributed by atoms with Gasteiger partial charge in [-0.1, -0.05) is 33.6 Å². The molecular formula is C17H27BBrNO2. The van der Waals surface area contributed by atoms with Crippen LogP contribution in [0.4, 0.5) is 0 Å². The molecule has 0 radical (unpaired) electrons. The molecule has 0 spiro atoms. The first-order valence-electron chi connectivity index (χ1n) is 8.30. The lowest BCUT2D eigenvalue weighted by Crippen LogP contribution is -2.49. The van der Waals surface area contributed by atoms with Gasteiger partial charge in [0.15, 0.2) is 0 Å². The van der Waals surface area contributed by atoms with E-state index in [9.17, 15) is 4.79 Å². The lowest BCUT2D eigenvalue weighted by molar-refractivity contribution is -0.787. The van der Waals surface area contributed by atoms with Crippen LogP contribution in [-0.2, 0) is 9.53 Å². The fraction of sp³-hybridized carbons (Fsp3) is 0.588. The molecule has 1 heterocycles. The maximum atomic E-state index is 12.8. The Morgan fingerprint density at radius 2 is 1.95 bits per heavy atom. The summed E-state index contributed by atoms with van der Waals surface area (Å²) in [6.45, 7) is 8.22. The first-order chi connectivity index (χ1) is 10.2. The predicted octanol–water partition coefficient (Wildman–Crippen LogP) is 3.16. The van der Waals surface area contributed by atoms with E-state index in [4.69, 9.17) is 4.74 Å². The number of benzene rings is 1. The van der Waals surface area contributed by atoms with Crippen molar-refractivity contribution >= 4 is 29.3 Å². The van der Waals surface area contributed by atoms with Crippen LogP contribution in [0.5, 0.6) is 0 Å². The molecule has 1 fully saturated rings. The number of ether oxygens (including phenoxy) is 1. The lowest BCUT2D eigenvalue weighted by Gasteiger charge is -2.42. The summed E-state index contributed by atoms with van der Waals surface area (Å²) < 4.78 is 7.82. The van der Waals surface area contributed by atoms with E-state index in [1.807, 2.05) is 32.9 Å². The van der Waals surface area contributed by atoms with E-state index >= 15 is 0 Å². The number of hydrogen-bond acceptors (Lipinski definition) is 2. The highest BCUT2D eigenvalue weighted by Crippen LogP contribution is 2.27. The van der Waals surface area contributed by atoms with Crippen molar-refractivity contribution < 1.29 is 13.9 Å². The van der Waals surface area contributed by atoms with Gasteiger partial charge in [-0.15, -0.1) is 0 Å². The van der Waals surface area contributed by atoms with Crippen LogP contribution in [-0.4, -0.2) is 43.5 Å². The molecule has 0 bridgehead atoms. The second-order valence-electron chi connectivity index (χ2n) is 8.16. The van der Waals surface area contributed by atoms with Gasteiger partial charge in [0.2, 0.25) is 7.41 Å². The molecule has 2 rings (SSSR count). The first-order valence-corrected chi connectivity index (χ1v) is 9.10. The van der Waals surface area contributed by atoms with Crippen LogP contribution in [0.1, 0.15) is 45.0 Å². The van der Waals surface area contributed by atoms with Gasteiger partial charge in [-0.25, -0.2) is 0 Å². The molecule has 1 aromatic carbocycles. The summed E-state index contributed by atoms with van der Waals surface area (Å²) in [5.74, 6) is -0.142. The van der Waals surface area contributed by atoms with Gasteiger partial charge in [-0.2, -0.15) is 0 Å². The Labute approximate surface area is 143 Å². The lowest BCUT2D eigenvalue weighted by atomic mass is 9.67. The van der Waals surface area contributed by atoms with Gasteiger partial charge in [0.1, 0.15) is 5.60 Å². The molecular weight excluding hydrogens is 341 g/mol. The third-order valence-corrected chi connectivity index (χ3v) is 5.26. The van der Waals surface area contributed by atoms with Crippen molar-refractivity contribution in [3.05, 3.63) is 34.3 Å². The van der Waals surface area contributed by atoms with E-state index in [1.165, 1.54) is 25.9 Å². The summed E-state index contributed by atoms with van der Waals surface area (Å²) in [6, 6.07) is 8.14. The molecule has 0 N–H and O–H groups in total. The van der Waals surface area contributed by atoms with Gasteiger partial charge in [0.25, 0.3) is 5.97 Å². The minimum absolute atomic E-state index is 0.0585. The summed E-state index contributed by atoms with van der Waals surface area (Å²) in [6.07, 6.45) is 2.55. The summed E-state index contributed by atoms with van der Waals surface area (Å²) in [5, 5.41) is 0. The van der Waals surface area contributed by atoms with E-state index < -0.39 is 13.0 Å². The topological polar surface area (TPSA) is 26.3 Å². The molecule has 1 aromatic rings. The van der Waals surface area contributed by atoms with Crippen molar-refractivity contribution in [2.75, 3.05) is 20.1 Å². The number of carbonyl (C=O) groups is 1. The summed E-state index contributed by atoms with van der Waals surface area (Å²) in [4.78, 5) is 12.8. The minimum Gasteiger partial charge on any atom is -0.522 e. The van der Waals surface area contributed by atoms with E-state index in [-0.39, 0.29) is 11.8 Å². The molecule has 122 valence electrons. The van der Waals surface area contributed by atoms with Crippen molar-refractivity contribution in [3.63, 3.8) is 0 Å². The Morgan fingerprint density at radius 3 is 2.50 bits per heavy atom. The van der Waals surface area contributed by atoms with E-state index in [0.717, 1.165) is 14.4 Å². The van der Waals surface area contributed by atoms with Crippen molar-refractivity contribution in [2.24, 2.45) is 0 Å². The maximum Gasteiger partial charge on any atom is 0.283 e. The van der Waals surface area contributed by atoms with E-state index in [1.54, 1.807) is 0 Å². The fourth-order valence-corrected chi connectivity index (χ4v) is 4.05. The standard InChI is InChI=1S/C17H27BBrNO2/c1-17(2,3)22-16(21)15(13-8-7-9-14(19)12-13)18-20(4)10-5-6-11-20/h7-9,12,15H,5-6,10-11,18H2,1-4H3/t15-/m1/s1. The van der Waals surface area contributed by atoms with Crippen LogP contribution in [0.2, 0.25) is 0 Å². The van der Waals surface area contributed by atoms with Gasteiger partial charge in [0.05, 0.1) is 0 Å². The number of rotatable bonds is 4. The Bertz CT molecular complexity index is 536. The SMILES string of the molecule is CC(C)(C)OC(=O)[C@H]([BH2-][N+]1(C)CCCC1)c1cccc(Br)c1. The molecule has 1 aliphatic heterocycles. The Hall–Kier alpha value is -0.805. The van der Waals surface area contributed by atoms with Crippen LogP contribution < -0.4 is 0 Å². The highest BCUT2D eigenvalue weighted by molar-refractivity contribution is 9.10. The third-order valence-electron chi connectivity index (χ3n) is 4.77. The molecule has 5 heteroatoms. The Kier molecular flexibility index (Phi) is 5.39. The smallest absolute Gasteiger partial charge is 0.283 e.